The molecule has 4 aromatic carbocycles. The van der Waals surface area contributed by atoms with Crippen molar-refractivity contribution in [3.8, 4) is 11.5 Å². The van der Waals surface area contributed by atoms with Crippen LogP contribution in [0, 0.1) is 0 Å². The molecule has 5 rings (SSSR count). The average molecular weight is 532 g/mol. The number of anilines is 1. The Balaban J connectivity index is 1.31. The van der Waals surface area contributed by atoms with Gasteiger partial charge >= 0.3 is 0 Å². The van der Waals surface area contributed by atoms with Gasteiger partial charge in [-0.05, 0) is 47.4 Å². The first-order chi connectivity index (χ1) is 19.6. The Hall–Kier alpha value is -5.17. The molecule has 1 amide bonds. The van der Waals surface area contributed by atoms with E-state index in [0.29, 0.717) is 29.2 Å². The van der Waals surface area contributed by atoms with Crippen LogP contribution in [-0.4, -0.2) is 30.8 Å². The first kappa shape index (κ1) is 26.4. The van der Waals surface area contributed by atoms with Crippen molar-refractivity contribution in [1.29, 1.82) is 0 Å². The quantitative estimate of drug-likeness (QED) is 0.167. The summed E-state index contributed by atoms with van der Waals surface area (Å²) in [7, 11) is 3.23. The molecule has 0 aliphatic heterocycles. The van der Waals surface area contributed by atoms with E-state index in [-0.39, 0.29) is 18.2 Å². The van der Waals surface area contributed by atoms with Crippen LogP contribution in [0.5, 0.6) is 11.5 Å². The molecule has 1 aromatic heterocycles. The van der Waals surface area contributed by atoms with Gasteiger partial charge in [-0.3, -0.25) is 9.78 Å². The van der Waals surface area contributed by atoms with Gasteiger partial charge in [0, 0.05) is 28.9 Å². The summed E-state index contributed by atoms with van der Waals surface area (Å²) in [6, 6.07) is 32.6. The first-order valence-electron chi connectivity index (χ1n) is 12.8. The topological polar surface area (TPSA) is 82.0 Å². The Kier molecular flexibility index (Phi) is 8.32. The maximum atomic E-state index is 13.2. The lowest BCUT2D eigenvalue weighted by Crippen LogP contribution is -2.24. The fourth-order valence-corrected chi connectivity index (χ4v) is 4.37. The molecule has 0 saturated carbocycles. The van der Waals surface area contributed by atoms with E-state index in [9.17, 15) is 4.79 Å². The number of ether oxygens (including phenoxy) is 2. The van der Waals surface area contributed by atoms with Crippen LogP contribution in [-0.2, 0) is 22.7 Å². The van der Waals surface area contributed by atoms with Crippen LogP contribution in [0.1, 0.15) is 22.3 Å². The first-order valence-corrected chi connectivity index (χ1v) is 12.8. The molecule has 0 aliphatic carbocycles. The summed E-state index contributed by atoms with van der Waals surface area (Å²) in [4.78, 5) is 23.3. The highest BCUT2D eigenvalue weighted by molar-refractivity contribution is 6.48. The molecule has 1 N–H and O–H groups in total. The maximum Gasteiger partial charge on any atom is 0.278 e. The molecule has 5 aromatic rings. The largest absolute Gasteiger partial charge is 0.493 e. The van der Waals surface area contributed by atoms with Crippen molar-refractivity contribution in [2.75, 3.05) is 19.5 Å². The molecule has 0 fully saturated rings. The molecule has 0 radical (unpaired) electrons. The Bertz CT molecular complexity index is 1620. The molecule has 7 nitrogen and oxygen atoms in total. The van der Waals surface area contributed by atoms with Gasteiger partial charge in [0.15, 0.2) is 17.2 Å². The van der Waals surface area contributed by atoms with E-state index in [1.807, 2.05) is 103 Å². The summed E-state index contributed by atoms with van der Waals surface area (Å²) in [5.41, 5.74) is 5.52. The van der Waals surface area contributed by atoms with Crippen LogP contribution in [0.4, 0.5) is 5.69 Å². The van der Waals surface area contributed by atoms with Gasteiger partial charge in [0.05, 0.1) is 19.7 Å². The second kappa shape index (κ2) is 12.6. The van der Waals surface area contributed by atoms with Crippen LogP contribution in [0.15, 0.2) is 114 Å². The van der Waals surface area contributed by atoms with Gasteiger partial charge in [-0.25, -0.2) is 0 Å². The second-order valence-electron chi connectivity index (χ2n) is 9.09. The summed E-state index contributed by atoms with van der Waals surface area (Å²) >= 11 is 0. The van der Waals surface area contributed by atoms with Crippen LogP contribution >= 0.6 is 0 Å². The van der Waals surface area contributed by atoms with Crippen LogP contribution < -0.4 is 14.8 Å². The summed E-state index contributed by atoms with van der Waals surface area (Å²) in [5.74, 6) is 0.947. The van der Waals surface area contributed by atoms with Gasteiger partial charge < -0.3 is 19.6 Å². The van der Waals surface area contributed by atoms with Crippen molar-refractivity contribution in [1.82, 2.24) is 4.98 Å². The molecule has 200 valence electrons. The lowest BCUT2D eigenvalue weighted by molar-refractivity contribution is -0.110. The Morgan fingerprint density at radius 1 is 0.800 bits per heavy atom. The highest BCUT2D eigenvalue weighted by Crippen LogP contribution is 2.33. The third-order valence-electron chi connectivity index (χ3n) is 6.44. The molecule has 0 aliphatic rings. The number of hydrogen-bond donors (Lipinski definition) is 1. The fraction of sp³-hybridized carbons (Fsp3) is 0.121. The van der Waals surface area contributed by atoms with E-state index in [1.165, 1.54) is 0 Å². The zero-order valence-corrected chi connectivity index (χ0v) is 22.3. The minimum absolute atomic E-state index is 0.202. The van der Waals surface area contributed by atoms with E-state index >= 15 is 0 Å². The molecular weight excluding hydrogens is 502 g/mol. The molecule has 0 unspecified atom stereocenters. The number of nitrogens with one attached hydrogen (secondary N) is 1. The summed E-state index contributed by atoms with van der Waals surface area (Å²) in [6.07, 6.45) is 2.48. The summed E-state index contributed by atoms with van der Waals surface area (Å²) in [5, 5.41) is 8.14. The molecule has 40 heavy (non-hydrogen) atoms. The van der Waals surface area contributed by atoms with E-state index in [1.54, 1.807) is 20.4 Å². The zero-order valence-electron chi connectivity index (χ0n) is 22.3. The van der Waals surface area contributed by atoms with Gasteiger partial charge in [-0.2, -0.15) is 0 Å². The van der Waals surface area contributed by atoms with Gasteiger partial charge in [0.25, 0.3) is 5.91 Å². The normalized spacial score (nSPS) is 11.2. The number of aromatic nitrogens is 1. The SMILES string of the molecule is COc1cc2nccc(Cc3ccc(NC(=O)/C(=N/OCc4ccccc4)c4ccccc4)cc3)c2cc1OC. The van der Waals surface area contributed by atoms with Gasteiger partial charge in [-0.1, -0.05) is 78.0 Å². The monoisotopic (exact) mass is 531 g/mol. The number of fused-ring (bicyclic) bond motifs is 1. The van der Waals surface area contributed by atoms with Gasteiger partial charge in [-0.15, -0.1) is 0 Å². The summed E-state index contributed by atoms with van der Waals surface area (Å²) < 4.78 is 10.9. The van der Waals surface area contributed by atoms with Crippen molar-refractivity contribution < 1.29 is 19.1 Å². The van der Waals surface area contributed by atoms with Crippen molar-refractivity contribution in [3.63, 3.8) is 0 Å². The molecule has 0 atom stereocenters. The van der Waals surface area contributed by atoms with Crippen LogP contribution in [0.2, 0.25) is 0 Å². The third-order valence-corrected chi connectivity index (χ3v) is 6.44. The Morgan fingerprint density at radius 2 is 1.48 bits per heavy atom. The number of benzene rings is 4. The number of carbonyl (C=O) groups is 1. The van der Waals surface area contributed by atoms with Crippen molar-refractivity contribution in [3.05, 3.63) is 132 Å². The highest BCUT2D eigenvalue weighted by Gasteiger charge is 2.16. The Morgan fingerprint density at radius 3 is 2.17 bits per heavy atom. The fourth-order valence-electron chi connectivity index (χ4n) is 4.37. The number of oxime groups is 1. The summed E-state index contributed by atoms with van der Waals surface area (Å²) in [6.45, 7) is 0.265. The number of amides is 1. The highest BCUT2D eigenvalue weighted by atomic mass is 16.6. The smallest absolute Gasteiger partial charge is 0.278 e. The maximum absolute atomic E-state index is 13.2. The lowest BCUT2D eigenvalue weighted by atomic mass is 10.0. The molecule has 0 saturated heterocycles. The van der Waals surface area contributed by atoms with Crippen LogP contribution in [0.3, 0.4) is 0 Å². The van der Waals surface area contributed by atoms with Crippen molar-refractivity contribution >= 4 is 28.2 Å². The standard InChI is InChI=1S/C33H29N3O4/c1-38-30-20-28-26(17-18-34-29(28)21-31(30)39-2)19-23-13-15-27(16-14-23)35-33(37)32(25-11-7-4-8-12-25)36-40-22-24-9-5-3-6-10-24/h3-18,20-21H,19,22H2,1-2H3,(H,35,37)/b36-32+. The number of rotatable bonds is 10. The predicted molar refractivity (Wildman–Crippen MR) is 157 cm³/mol. The molecule has 7 heteroatoms. The molecule has 1 heterocycles. The molecular formula is C33H29N3O4. The van der Waals surface area contributed by atoms with Crippen molar-refractivity contribution in [2.45, 2.75) is 13.0 Å². The number of nitrogens with zero attached hydrogens (tertiary/aromatic N) is 2. The number of methoxy groups -OCH3 is 2. The lowest BCUT2D eigenvalue weighted by Gasteiger charge is -2.12. The Labute approximate surface area is 233 Å². The minimum Gasteiger partial charge on any atom is -0.493 e. The van der Waals surface area contributed by atoms with E-state index in [0.717, 1.165) is 27.6 Å². The van der Waals surface area contributed by atoms with Gasteiger partial charge in [0.1, 0.15) is 6.61 Å². The molecule has 0 spiro atoms. The van der Waals surface area contributed by atoms with E-state index < -0.39 is 0 Å². The van der Waals surface area contributed by atoms with E-state index in [4.69, 9.17) is 14.3 Å². The predicted octanol–water partition coefficient (Wildman–Crippen LogP) is 6.40. The second-order valence-corrected chi connectivity index (χ2v) is 9.09. The minimum atomic E-state index is -0.354. The van der Waals surface area contributed by atoms with Gasteiger partial charge in [0.2, 0.25) is 0 Å². The zero-order chi connectivity index (χ0) is 27.7. The van der Waals surface area contributed by atoms with Crippen molar-refractivity contribution in [2.24, 2.45) is 5.16 Å². The average Bonchev–Trinajstić information content (AvgIpc) is 3.00. The number of pyridine rings is 1. The molecule has 0 bridgehead atoms. The number of carbonyl (C=O) groups excluding carboxylic acids is 1. The third kappa shape index (κ3) is 6.27. The number of hydrogen-bond acceptors (Lipinski definition) is 6. The van der Waals surface area contributed by atoms with Crippen LogP contribution in [0.25, 0.3) is 10.9 Å². The van der Waals surface area contributed by atoms with E-state index in [2.05, 4.69) is 15.5 Å².